The summed E-state index contributed by atoms with van der Waals surface area (Å²) in [6, 6.07) is 0.113. The average Bonchev–Trinajstić information content (AvgIpc) is 2.30. The lowest BCUT2D eigenvalue weighted by molar-refractivity contribution is -0.135. The van der Waals surface area contributed by atoms with Crippen molar-refractivity contribution in [2.45, 2.75) is 25.8 Å². The minimum Gasteiger partial charge on any atom is -0.382 e. The summed E-state index contributed by atoms with van der Waals surface area (Å²) in [4.78, 5) is 13.6. The molecule has 1 saturated heterocycles. The molecule has 0 aliphatic carbocycles. The Bertz CT molecular complexity index is 236. The number of nitrogens with two attached hydrogens (primary N) is 1. The van der Waals surface area contributed by atoms with Crippen LogP contribution in [0.5, 0.6) is 0 Å². The van der Waals surface area contributed by atoms with E-state index in [4.69, 9.17) is 15.2 Å². The van der Waals surface area contributed by atoms with Crippen LogP contribution in [-0.2, 0) is 14.3 Å². The minimum absolute atomic E-state index is 0.113. The van der Waals surface area contributed by atoms with E-state index in [9.17, 15) is 4.79 Å². The van der Waals surface area contributed by atoms with Crippen LogP contribution in [0.15, 0.2) is 0 Å². The Morgan fingerprint density at radius 3 is 2.88 bits per heavy atom. The number of carbonyl (C=O) groups excluding carboxylic acids is 1. The molecule has 0 bridgehead atoms. The summed E-state index contributed by atoms with van der Waals surface area (Å²) in [6.45, 7) is 5.35. The highest BCUT2D eigenvalue weighted by Gasteiger charge is 2.28. The van der Waals surface area contributed by atoms with Gasteiger partial charge >= 0.3 is 0 Å². The zero-order valence-corrected chi connectivity index (χ0v) is 10.9. The van der Waals surface area contributed by atoms with Crippen LogP contribution in [0.3, 0.4) is 0 Å². The van der Waals surface area contributed by atoms with E-state index >= 15 is 0 Å². The number of carbonyl (C=O) groups is 1. The Labute approximate surface area is 103 Å². The molecule has 5 heteroatoms. The number of likely N-dealkylation sites (tertiary alicyclic amines) is 1. The predicted octanol–water partition coefficient (Wildman–Crippen LogP) is 0.235. The molecular formula is C12H24N2O3. The number of methoxy groups -OCH3 is 1. The maximum atomic E-state index is 11.7. The van der Waals surface area contributed by atoms with Gasteiger partial charge in [0.05, 0.1) is 13.2 Å². The summed E-state index contributed by atoms with van der Waals surface area (Å²) >= 11 is 0. The van der Waals surface area contributed by atoms with Gasteiger partial charge in [0.2, 0.25) is 5.91 Å². The molecule has 1 heterocycles. The summed E-state index contributed by atoms with van der Waals surface area (Å²) < 4.78 is 10.2. The van der Waals surface area contributed by atoms with Gasteiger partial charge in [0.25, 0.3) is 0 Å². The average molecular weight is 244 g/mol. The molecular weight excluding hydrogens is 220 g/mol. The highest BCUT2D eigenvalue weighted by molar-refractivity contribution is 5.77. The highest BCUT2D eigenvalue weighted by atomic mass is 16.5. The summed E-state index contributed by atoms with van der Waals surface area (Å²) in [5.74, 6) is 0.521. The molecule has 1 amide bonds. The fraction of sp³-hybridized carbons (Fsp3) is 0.917. The van der Waals surface area contributed by atoms with Crippen LogP contribution in [0.25, 0.3) is 0 Å². The van der Waals surface area contributed by atoms with Crippen LogP contribution < -0.4 is 5.73 Å². The summed E-state index contributed by atoms with van der Waals surface area (Å²) in [5.41, 5.74) is 5.96. The van der Waals surface area contributed by atoms with Crippen molar-refractivity contribution in [1.82, 2.24) is 4.90 Å². The molecule has 2 unspecified atom stereocenters. The number of hydrogen-bond donors (Lipinski definition) is 1. The maximum Gasteiger partial charge on any atom is 0.222 e. The van der Waals surface area contributed by atoms with Crippen molar-refractivity contribution in [1.29, 1.82) is 0 Å². The Kier molecular flexibility index (Phi) is 6.47. The SMILES string of the molecule is COCCOCCCN1CC(N)C(C)CC1=O. The van der Waals surface area contributed by atoms with E-state index in [0.717, 1.165) is 13.0 Å². The van der Waals surface area contributed by atoms with Gasteiger partial charge in [-0.3, -0.25) is 4.79 Å². The van der Waals surface area contributed by atoms with E-state index in [1.54, 1.807) is 7.11 Å². The van der Waals surface area contributed by atoms with Crippen LogP contribution in [0.4, 0.5) is 0 Å². The third-order valence-corrected chi connectivity index (χ3v) is 3.16. The molecule has 0 aromatic rings. The van der Waals surface area contributed by atoms with Gasteiger partial charge in [-0.2, -0.15) is 0 Å². The smallest absolute Gasteiger partial charge is 0.222 e. The number of piperidine rings is 1. The Morgan fingerprint density at radius 2 is 2.18 bits per heavy atom. The van der Waals surface area contributed by atoms with Crippen molar-refractivity contribution in [3.05, 3.63) is 0 Å². The third-order valence-electron chi connectivity index (χ3n) is 3.16. The molecule has 1 fully saturated rings. The summed E-state index contributed by atoms with van der Waals surface area (Å²) in [5, 5.41) is 0. The quantitative estimate of drug-likeness (QED) is 0.651. The van der Waals surface area contributed by atoms with Gasteiger partial charge in [0, 0.05) is 39.3 Å². The number of rotatable bonds is 7. The summed E-state index contributed by atoms with van der Waals surface area (Å²) in [7, 11) is 1.65. The van der Waals surface area contributed by atoms with Crippen molar-refractivity contribution in [2.24, 2.45) is 11.7 Å². The zero-order chi connectivity index (χ0) is 12.7. The normalized spacial score (nSPS) is 25.4. The van der Waals surface area contributed by atoms with Gasteiger partial charge in [0.1, 0.15) is 0 Å². The van der Waals surface area contributed by atoms with E-state index in [2.05, 4.69) is 0 Å². The minimum atomic E-state index is 0.113. The lowest BCUT2D eigenvalue weighted by atomic mass is 9.93. The van der Waals surface area contributed by atoms with Crippen LogP contribution >= 0.6 is 0 Å². The van der Waals surface area contributed by atoms with Crippen molar-refractivity contribution in [3.63, 3.8) is 0 Å². The molecule has 100 valence electrons. The first-order valence-electron chi connectivity index (χ1n) is 6.25. The number of amides is 1. The molecule has 5 nitrogen and oxygen atoms in total. The van der Waals surface area contributed by atoms with Crippen molar-refractivity contribution in [3.8, 4) is 0 Å². The second-order valence-electron chi connectivity index (χ2n) is 4.64. The first kappa shape index (κ1) is 14.4. The van der Waals surface area contributed by atoms with Crippen molar-refractivity contribution in [2.75, 3.05) is 40.0 Å². The van der Waals surface area contributed by atoms with Gasteiger partial charge in [-0.15, -0.1) is 0 Å². The second kappa shape index (κ2) is 7.63. The first-order chi connectivity index (χ1) is 8.15. The van der Waals surface area contributed by atoms with Gasteiger partial charge in [-0.05, 0) is 12.3 Å². The molecule has 1 rings (SSSR count). The lowest BCUT2D eigenvalue weighted by Crippen LogP contribution is -2.50. The Morgan fingerprint density at radius 1 is 1.41 bits per heavy atom. The lowest BCUT2D eigenvalue weighted by Gasteiger charge is -2.34. The highest BCUT2D eigenvalue weighted by Crippen LogP contribution is 2.16. The monoisotopic (exact) mass is 244 g/mol. The molecule has 2 N–H and O–H groups in total. The molecule has 0 aromatic heterocycles. The van der Waals surface area contributed by atoms with Gasteiger partial charge in [-0.25, -0.2) is 0 Å². The molecule has 17 heavy (non-hydrogen) atoms. The zero-order valence-electron chi connectivity index (χ0n) is 10.9. The maximum absolute atomic E-state index is 11.7. The molecule has 0 saturated carbocycles. The van der Waals surface area contributed by atoms with E-state index in [-0.39, 0.29) is 11.9 Å². The largest absolute Gasteiger partial charge is 0.382 e. The molecule has 0 aromatic carbocycles. The predicted molar refractivity (Wildman–Crippen MR) is 65.6 cm³/mol. The molecule has 0 spiro atoms. The van der Waals surface area contributed by atoms with Crippen molar-refractivity contribution >= 4 is 5.91 Å². The number of nitrogens with zero attached hydrogens (tertiary/aromatic N) is 1. The van der Waals surface area contributed by atoms with E-state index < -0.39 is 0 Å². The third kappa shape index (κ3) is 5.02. The number of ether oxygens (including phenoxy) is 2. The van der Waals surface area contributed by atoms with Crippen LogP contribution in [0, 0.1) is 5.92 Å². The van der Waals surface area contributed by atoms with Crippen LogP contribution in [-0.4, -0.2) is 56.9 Å². The van der Waals surface area contributed by atoms with Crippen molar-refractivity contribution < 1.29 is 14.3 Å². The fourth-order valence-electron chi connectivity index (χ4n) is 1.91. The molecule has 1 aliphatic heterocycles. The van der Waals surface area contributed by atoms with Gasteiger partial charge in [-0.1, -0.05) is 6.92 Å². The Hall–Kier alpha value is -0.650. The molecule has 2 atom stereocenters. The molecule has 0 radical (unpaired) electrons. The number of hydrogen-bond acceptors (Lipinski definition) is 4. The van der Waals surface area contributed by atoms with E-state index in [1.165, 1.54) is 0 Å². The van der Waals surface area contributed by atoms with Gasteiger partial charge < -0.3 is 20.1 Å². The van der Waals surface area contributed by atoms with E-state index in [0.29, 0.717) is 38.7 Å². The van der Waals surface area contributed by atoms with Crippen LogP contribution in [0.2, 0.25) is 0 Å². The van der Waals surface area contributed by atoms with Gasteiger partial charge in [0.15, 0.2) is 0 Å². The fourth-order valence-corrected chi connectivity index (χ4v) is 1.91. The first-order valence-corrected chi connectivity index (χ1v) is 6.25. The Balaban J connectivity index is 2.12. The topological polar surface area (TPSA) is 64.8 Å². The second-order valence-corrected chi connectivity index (χ2v) is 4.64. The standard InChI is InChI=1S/C12H24N2O3/c1-10-8-12(15)14(9-11(10)13)4-3-5-17-7-6-16-2/h10-11H,3-9,13H2,1-2H3. The van der Waals surface area contributed by atoms with Crippen LogP contribution in [0.1, 0.15) is 19.8 Å². The molecule has 1 aliphatic rings. The van der Waals surface area contributed by atoms with E-state index in [1.807, 2.05) is 11.8 Å². The summed E-state index contributed by atoms with van der Waals surface area (Å²) in [6.07, 6.45) is 1.43.